The zero-order chi connectivity index (χ0) is 18.1. The van der Waals surface area contributed by atoms with Crippen molar-refractivity contribution >= 4 is 45.8 Å². The maximum atomic E-state index is 13.0. The van der Waals surface area contributed by atoms with E-state index < -0.39 is 0 Å². The van der Waals surface area contributed by atoms with Crippen LogP contribution in [0.5, 0.6) is 5.75 Å². The summed E-state index contributed by atoms with van der Waals surface area (Å²) in [5, 5.41) is 1.19. The van der Waals surface area contributed by atoms with E-state index in [0.717, 1.165) is 0 Å². The Kier molecular flexibility index (Phi) is 4.84. The van der Waals surface area contributed by atoms with E-state index >= 15 is 0 Å². The highest BCUT2D eigenvalue weighted by Crippen LogP contribution is 2.31. The average molecular weight is 376 g/mol. The number of ether oxygens (including phenoxy) is 1. The molecule has 6 heteroatoms. The monoisotopic (exact) mass is 375 g/mol. The third-order valence-corrected chi connectivity index (χ3v) is 4.60. The minimum atomic E-state index is -0.238. The van der Waals surface area contributed by atoms with Crippen molar-refractivity contribution in [2.45, 2.75) is 6.92 Å². The minimum absolute atomic E-state index is 0.160. The molecule has 0 N–H and O–H groups in total. The van der Waals surface area contributed by atoms with E-state index in [1.807, 2.05) is 0 Å². The fourth-order valence-electron chi connectivity index (χ4n) is 2.93. The second kappa shape index (κ2) is 6.90. The van der Waals surface area contributed by atoms with Crippen molar-refractivity contribution in [2.24, 2.45) is 0 Å². The van der Waals surface area contributed by atoms with Crippen LogP contribution in [0.15, 0.2) is 42.5 Å². The molecular formula is C19H15Cl2NO3. The maximum Gasteiger partial charge on any atom is 0.262 e. The Hall–Kier alpha value is -2.30. The van der Waals surface area contributed by atoms with Gasteiger partial charge in [-0.3, -0.25) is 14.2 Å². The van der Waals surface area contributed by atoms with Crippen molar-refractivity contribution in [1.82, 2.24) is 4.57 Å². The van der Waals surface area contributed by atoms with Gasteiger partial charge < -0.3 is 4.74 Å². The molecule has 128 valence electrons. The maximum absolute atomic E-state index is 13.0. The first kappa shape index (κ1) is 17.5. The van der Waals surface area contributed by atoms with Crippen LogP contribution in [0.4, 0.5) is 0 Å². The molecule has 1 heterocycles. The van der Waals surface area contributed by atoms with Gasteiger partial charge in [0.25, 0.3) is 5.91 Å². The number of halogens is 2. The van der Waals surface area contributed by atoms with Gasteiger partial charge in [-0.05, 0) is 49.4 Å². The fourth-order valence-corrected chi connectivity index (χ4v) is 3.19. The summed E-state index contributed by atoms with van der Waals surface area (Å²) in [6.07, 6.45) is 0. The van der Waals surface area contributed by atoms with Crippen molar-refractivity contribution in [1.29, 1.82) is 0 Å². The van der Waals surface area contributed by atoms with Gasteiger partial charge in [-0.15, -0.1) is 11.6 Å². The number of fused-ring (bicyclic) bond motifs is 1. The van der Waals surface area contributed by atoms with Crippen LogP contribution in [0, 0.1) is 6.92 Å². The van der Waals surface area contributed by atoms with Crippen molar-refractivity contribution in [2.75, 3.05) is 13.0 Å². The molecule has 0 aliphatic heterocycles. The summed E-state index contributed by atoms with van der Waals surface area (Å²) >= 11 is 11.7. The third-order valence-electron chi connectivity index (χ3n) is 4.11. The summed E-state index contributed by atoms with van der Waals surface area (Å²) in [7, 11) is 1.55. The first-order chi connectivity index (χ1) is 12.0. The standard InChI is InChI=1S/C19H15Cl2NO3/c1-11-18(17(23)10-20)15-9-14(25-2)7-8-16(15)22(11)19(24)12-3-5-13(21)6-4-12/h3-9H,10H2,1-2H3. The number of carbonyl (C=O) groups is 2. The van der Waals surface area contributed by atoms with E-state index in [-0.39, 0.29) is 17.6 Å². The molecule has 0 radical (unpaired) electrons. The zero-order valence-electron chi connectivity index (χ0n) is 13.7. The van der Waals surface area contributed by atoms with E-state index in [1.54, 1.807) is 56.5 Å². The zero-order valence-corrected chi connectivity index (χ0v) is 15.2. The third kappa shape index (κ3) is 3.03. The van der Waals surface area contributed by atoms with Crippen molar-refractivity contribution in [3.05, 3.63) is 64.3 Å². The molecule has 0 saturated heterocycles. The molecule has 2 aromatic carbocycles. The van der Waals surface area contributed by atoms with E-state index in [2.05, 4.69) is 0 Å². The molecule has 25 heavy (non-hydrogen) atoms. The Bertz CT molecular complexity index is 974. The Balaban J connectivity index is 2.27. The highest BCUT2D eigenvalue weighted by atomic mass is 35.5. The molecule has 0 bridgehead atoms. The lowest BCUT2D eigenvalue weighted by atomic mass is 10.1. The molecule has 0 aliphatic rings. The van der Waals surface area contributed by atoms with Crippen LogP contribution < -0.4 is 4.74 Å². The van der Waals surface area contributed by atoms with Crippen LogP contribution in [-0.2, 0) is 0 Å². The Morgan fingerprint density at radius 3 is 2.40 bits per heavy atom. The van der Waals surface area contributed by atoms with Crippen LogP contribution in [0.3, 0.4) is 0 Å². The van der Waals surface area contributed by atoms with Crippen LogP contribution in [0.1, 0.15) is 26.4 Å². The molecule has 0 fully saturated rings. The van der Waals surface area contributed by atoms with Gasteiger partial charge in [0.1, 0.15) is 5.75 Å². The Morgan fingerprint density at radius 1 is 1.12 bits per heavy atom. The topological polar surface area (TPSA) is 48.3 Å². The highest BCUT2D eigenvalue weighted by Gasteiger charge is 2.23. The molecule has 0 spiro atoms. The number of aromatic nitrogens is 1. The van der Waals surface area contributed by atoms with Gasteiger partial charge >= 0.3 is 0 Å². The fraction of sp³-hybridized carbons (Fsp3) is 0.158. The number of rotatable bonds is 4. The molecule has 3 aromatic rings. The van der Waals surface area contributed by atoms with Crippen molar-refractivity contribution in [3.8, 4) is 5.75 Å². The van der Waals surface area contributed by atoms with E-state index in [4.69, 9.17) is 27.9 Å². The molecular weight excluding hydrogens is 361 g/mol. The van der Waals surface area contributed by atoms with E-state index in [0.29, 0.717) is 38.5 Å². The number of benzene rings is 2. The quantitative estimate of drug-likeness (QED) is 0.489. The Labute approximate surface area is 154 Å². The van der Waals surface area contributed by atoms with E-state index in [9.17, 15) is 9.59 Å². The molecule has 0 amide bonds. The molecule has 1 aromatic heterocycles. The normalized spacial score (nSPS) is 10.9. The first-order valence-corrected chi connectivity index (χ1v) is 8.47. The van der Waals surface area contributed by atoms with Crippen LogP contribution >= 0.6 is 23.2 Å². The molecule has 4 nitrogen and oxygen atoms in total. The second-order valence-corrected chi connectivity index (χ2v) is 6.25. The number of ketones is 1. The molecule has 0 unspecified atom stereocenters. The number of nitrogens with zero attached hydrogens (tertiary/aromatic N) is 1. The number of methoxy groups -OCH3 is 1. The number of Topliss-reactive ketones (excluding diaryl/α,β-unsaturated/α-hetero) is 1. The number of carbonyl (C=O) groups excluding carboxylic acids is 2. The first-order valence-electron chi connectivity index (χ1n) is 7.56. The van der Waals surface area contributed by atoms with Gasteiger partial charge in [-0.2, -0.15) is 0 Å². The van der Waals surface area contributed by atoms with Crippen LogP contribution in [0.2, 0.25) is 5.02 Å². The second-order valence-electron chi connectivity index (χ2n) is 5.55. The van der Waals surface area contributed by atoms with Gasteiger partial charge in [0.2, 0.25) is 0 Å². The summed E-state index contributed by atoms with van der Waals surface area (Å²) in [6.45, 7) is 1.74. The highest BCUT2D eigenvalue weighted by molar-refractivity contribution is 6.32. The van der Waals surface area contributed by atoms with Crippen molar-refractivity contribution in [3.63, 3.8) is 0 Å². The summed E-state index contributed by atoms with van der Waals surface area (Å²) in [5.74, 6) is -0.0306. The average Bonchev–Trinajstić information content (AvgIpc) is 2.92. The summed E-state index contributed by atoms with van der Waals surface area (Å²) in [4.78, 5) is 25.4. The SMILES string of the molecule is COc1ccc2c(c1)c(C(=O)CCl)c(C)n2C(=O)c1ccc(Cl)cc1. The summed E-state index contributed by atoms with van der Waals surface area (Å²) in [5.41, 5.74) is 2.09. The molecule has 0 aliphatic carbocycles. The van der Waals surface area contributed by atoms with Gasteiger partial charge in [0.15, 0.2) is 5.78 Å². The number of alkyl halides is 1. The van der Waals surface area contributed by atoms with Gasteiger partial charge in [-0.1, -0.05) is 11.6 Å². The predicted molar refractivity (Wildman–Crippen MR) is 99.5 cm³/mol. The Morgan fingerprint density at radius 2 is 1.80 bits per heavy atom. The number of hydrogen-bond acceptors (Lipinski definition) is 3. The van der Waals surface area contributed by atoms with Gasteiger partial charge in [-0.25, -0.2) is 0 Å². The van der Waals surface area contributed by atoms with Crippen molar-refractivity contribution < 1.29 is 14.3 Å². The lowest BCUT2D eigenvalue weighted by molar-refractivity contribution is 0.0963. The lowest BCUT2D eigenvalue weighted by Gasteiger charge is -2.08. The van der Waals surface area contributed by atoms with Crippen LogP contribution in [0.25, 0.3) is 10.9 Å². The lowest BCUT2D eigenvalue weighted by Crippen LogP contribution is -2.14. The molecule has 3 rings (SSSR count). The molecule has 0 atom stereocenters. The number of hydrogen-bond donors (Lipinski definition) is 0. The largest absolute Gasteiger partial charge is 0.497 e. The predicted octanol–water partition coefficient (Wildman–Crippen LogP) is 4.72. The van der Waals surface area contributed by atoms with Gasteiger partial charge in [0.05, 0.1) is 18.5 Å². The van der Waals surface area contributed by atoms with E-state index in [1.165, 1.54) is 4.57 Å². The van der Waals surface area contributed by atoms with Crippen LogP contribution in [-0.4, -0.2) is 29.2 Å². The summed E-state index contributed by atoms with van der Waals surface area (Å²) in [6, 6.07) is 11.9. The van der Waals surface area contributed by atoms with Gasteiger partial charge in [0, 0.05) is 27.2 Å². The minimum Gasteiger partial charge on any atom is -0.497 e. The summed E-state index contributed by atoms with van der Waals surface area (Å²) < 4.78 is 6.77. The molecule has 0 saturated carbocycles. The smallest absolute Gasteiger partial charge is 0.262 e.